The lowest BCUT2D eigenvalue weighted by molar-refractivity contribution is 0.294. The van der Waals surface area contributed by atoms with Crippen LogP contribution in [0.1, 0.15) is 37.7 Å². The highest BCUT2D eigenvalue weighted by molar-refractivity contribution is 7.98. The lowest BCUT2D eigenvalue weighted by Crippen LogP contribution is -2.37. The molecule has 18 heavy (non-hydrogen) atoms. The highest BCUT2D eigenvalue weighted by Gasteiger charge is 2.34. The van der Waals surface area contributed by atoms with Crippen molar-refractivity contribution < 1.29 is 4.74 Å². The van der Waals surface area contributed by atoms with Crippen molar-refractivity contribution in [3.63, 3.8) is 0 Å². The Labute approximate surface area is 114 Å². The van der Waals surface area contributed by atoms with E-state index in [1.165, 1.54) is 42.6 Å². The van der Waals surface area contributed by atoms with Crippen molar-refractivity contribution in [1.29, 1.82) is 0 Å². The number of hydrogen-bond acceptors (Lipinski definition) is 3. The van der Waals surface area contributed by atoms with Gasteiger partial charge in [0, 0.05) is 12.0 Å². The van der Waals surface area contributed by atoms with Crippen molar-refractivity contribution in [3.8, 4) is 5.75 Å². The van der Waals surface area contributed by atoms with Crippen LogP contribution in [0.25, 0.3) is 0 Å². The van der Waals surface area contributed by atoms with Gasteiger partial charge >= 0.3 is 0 Å². The molecular weight excluding hydrogens is 242 g/mol. The Bertz CT molecular complexity index is 399. The summed E-state index contributed by atoms with van der Waals surface area (Å²) in [6, 6.07) is 6.38. The number of methoxy groups -OCH3 is 1. The molecule has 0 saturated heterocycles. The van der Waals surface area contributed by atoms with Crippen LogP contribution in [0.15, 0.2) is 23.1 Å². The molecule has 0 atom stereocenters. The summed E-state index contributed by atoms with van der Waals surface area (Å²) in [4.78, 5) is 1.27. The van der Waals surface area contributed by atoms with Crippen LogP contribution < -0.4 is 10.5 Å². The maximum atomic E-state index is 6.14. The van der Waals surface area contributed by atoms with E-state index in [-0.39, 0.29) is 5.41 Å². The SMILES string of the molecule is COc1cccc(C2(CN)CCCCC2)c1SC. The monoisotopic (exact) mass is 265 g/mol. The lowest BCUT2D eigenvalue weighted by Gasteiger charge is -2.38. The third-order valence-electron chi connectivity index (χ3n) is 4.18. The Morgan fingerprint density at radius 1 is 1.28 bits per heavy atom. The Hall–Kier alpha value is -0.670. The quantitative estimate of drug-likeness (QED) is 0.845. The van der Waals surface area contributed by atoms with Gasteiger partial charge in [0.05, 0.1) is 12.0 Å². The third kappa shape index (κ3) is 2.39. The molecule has 1 fully saturated rings. The van der Waals surface area contributed by atoms with Gasteiger partial charge in [0.1, 0.15) is 5.75 Å². The Morgan fingerprint density at radius 2 is 2.00 bits per heavy atom. The highest BCUT2D eigenvalue weighted by Crippen LogP contribution is 2.44. The second-order valence-electron chi connectivity index (χ2n) is 5.09. The van der Waals surface area contributed by atoms with Gasteiger partial charge in [0.2, 0.25) is 0 Å². The maximum Gasteiger partial charge on any atom is 0.132 e. The van der Waals surface area contributed by atoms with Crippen LogP contribution in [-0.4, -0.2) is 19.9 Å². The molecule has 2 rings (SSSR count). The zero-order chi connectivity index (χ0) is 13.0. The topological polar surface area (TPSA) is 35.2 Å². The summed E-state index contributed by atoms with van der Waals surface area (Å²) in [6.07, 6.45) is 8.48. The Morgan fingerprint density at radius 3 is 2.56 bits per heavy atom. The van der Waals surface area contributed by atoms with Crippen molar-refractivity contribution in [2.45, 2.75) is 42.4 Å². The van der Waals surface area contributed by atoms with Crippen LogP contribution in [0.5, 0.6) is 5.75 Å². The van der Waals surface area contributed by atoms with E-state index in [0.717, 1.165) is 12.3 Å². The first-order chi connectivity index (χ1) is 8.77. The van der Waals surface area contributed by atoms with E-state index in [2.05, 4.69) is 18.4 Å². The molecule has 0 aliphatic heterocycles. The van der Waals surface area contributed by atoms with Crippen LogP contribution in [0, 0.1) is 0 Å². The van der Waals surface area contributed by atoms with Gasteiger partial charge in [0.25, 0.3) is 0 Å². The van der Waals surface area contributed by atoms with Gasteiger partial charge in [-0.05, 0) is 30.7 Å². The first kappa shape index (κ1) is 13.8. The molecule has 1 aliphatic carbocycles. The fourth-order valence-corrected chi connectivity index (χ4v) is 3.97. The summed E-state index contributed by atoms with van der Waals surface area (Å²) in [7, 11) is 1.74. The molecule has 1 aromatic rings. The second-order valence-corrected chi connectivity index (χ2v) is 5.90. The van der Waals surface area contributed by atoms with E-state index in [4.69, 9.17) is 10.5 Å². The molecule has 100 valence electrons. The highest BCUT2D eigenvalue weighted by atomic mass is 32.2. The Balaban J connectivity index is 2.47. The van der Waals surface area contributed by atoms with Gasteiger partial charge in [0.15, 0.2) is 0 Å². The molecule has 0 heterocycles. The van der Waals surface area contributed by atoms with Crippen LogP contribution in [-0.2, 0) is 5.41 Å². The fourth-order valence-electron chi connectivity index (χ4n) is 3.12. The van der Waals surface area contributed by atoms with E-state index < -0.39 is 0 Å². The molecule has 1 saturated carbocycles. The molecular formula is C15H23NOS. The number of ether oxygens (including phenoxy) is 1. The predicted molar refractivity (Wildman–Crippen MR) is 78.6 cm³/mol. The average molecular weight is 265 g/mol. The van der Waals surface area contributed by atoms with E-state index >= 15 is 0 Å². The minimum atomic E-state index is 0.172. The van der Waals surface area contributed by atoms with Crippen LogP contribution in [0.3, 0.4) is 0 Å². The first-order valence-corrected chi connectivity index (χ1v) is 7.91. The molecule has 0 amide bonds. The fraction of sp³-hybridized carbons (Fsp3) is 0.600. The normalized spacial score (nSPS) is 18.6. The molecule has 0 bridgehead atoms. The zero-order valence-electron chi connectivity index (χ0n) is 11.4. The van der Waals surface area contributed by atoms with Crippen molar-refractivity contribution in [1.82, 2.24) is 0 Å². The molecule has 0 radical (unpaired) electrons. The maximum absolute atomic E-state index is 6.14. The summed E-state index contributed by atoms with van der Waals surface area (Å²) in [5.74, 6) is 0.985. The first-order valence-electron chi connectivity index (χ1n) is 6.69. The van der Waals surface area contributed by atoms with Crippen molar-refractivity contribution in [3.05, 3.63) is 23.8 Å². The number of hydrogen-bond donors (Lipinski definition) is 1. The summed E-state index contributed by atoms with van der Waals surface area (Å²) in [5.41, 5.74) is 7.71. The summed E-state index contributed by atoms with van der Waals surface area (Å²) in [5, 5.41) is 0. The largest absolute Gasteiger partial charge is 0.496 e. The number of nitrogens with two attached hydrogens (primary N) is 1. The molecule has 0 unspecified atom stereocenters. The number of thioether (sulfide) groups is 1. The van der Waals surface area contributed by atoms with Gasteiger partial charge < -0.3 is 10.5 Å². The summed E-state index contributed by atoms with van der Waals surface area (Å²) >= 11 is 1.77. The minimum absolute atomic E-state index is 0.172. The standard InChI is InChI=1S/C15H23NOS/c1-17-13-8-6-7-12(14(13)18-2)15(11-16)9-4-3-5-10-15/h6-8H,3-5,9-11,16H2,1-2H3. The van der Waals surface area contributed by atoms with Gasteiger partial charge in [-0.3, -0.25) is 0 Å². The molecule has 3 heteroatoms. The number of benzene rings is 1. The van der Waals surface area contributed by atoms with E-state index in [9.17, 15) is 0 Å². The summed E-state index contributed by atoms with van der Waals surface area (Å²) in [6.45, 7) is 0.744. The van der Waals surface area contributed by atoms with Gasteiger partial charge in [-0.25, -0.2) is 0 Å². The third-order valence-corrected chi connectivity index (χ3v) is 5.01. The van der Waals surface area contributed by atoms with Gasteiger partial charge in [-0.15, -0.1) is 11.8 Å². The second kappa shape index (κ2) is 5.98. The zero-order valence-corrected chi connectivity index (χ0v) is 12.2. The molecule has 2 nitrogen and oxygen atoms in total. The van der Waals surface area contributed by atoms with Gasteiger partial charge in [-0.2, -0.15) is 0 Å². The molecule has 2 N–H and O–H groups in total. The van der Waals surface area contributed by atoms with Crippen LogP contribution in [0.4, 0.5) is 0 Å². The molecule has 0 aromatic heterocycles. The van der Waals surface area contributed by atoms with E-state index in [0.29, 0.717) is 0 Å². The smallest absolute Gasteiger partial charge is 0.132 e. The molecule has 1 aliphatic rings. The molecule has 0 spiro atoms. The van der Waals surface area contributed by atoms with Gasteiger partial charge in [-0.1, -0.05) is 31.4 Å². The average Bonchev–Trinajstić information content (AvgIpc) is 2.47. The van der Waals surface area contributed by atoms with E-state index in [1.54, 1.807) is 18.9 Å². The predicted octanol–water partition coefficient (Wildman–Crippen LogP) is 3.58. The number of rotatable bonds is 4. The minimum Gasteiger partial charge on any atom is -0.496 e. The van der Waals surface area contributed by atoms with Crippen molar-refractivity contribution in [2.75, 3.05) is 19.9 Å². The summed E-state index contributed by atoms with van der Waals surface area (Å²) < 4.78 is 5.50. The van der Waals surface area contributed by atoms with Crippen molar-refractivity contribution >= 4 is 11.8 Å². The van der Waals surface area contributed by atoms with Crippen molar-refractivity contribution in [2.24, 2.45) is 5.73 Å². The molecule has 1 aromatic carbocycles. The van der Waals surface area contributed by atoms with E-state index in [1.807, 2.05) is 6.07 Å². The lowest BCUT2D eigenvalue weighted by atomic mass is 9.69. The Kier molecular flexibility index (Phi) is 4.57. The van der Waals surface area contributed by atoms with Crippen LogP contribution in [0.2, 0.25) is 0 Å². The van der Waals surface area contributed by atoms with Crippen LogP contribution >= 0.6 is 11.8 Å².